The second kappa shape index (κ2) is 10.8. The normalized spacial score (nSPS) is 13.8. The molecule has 0 unspecified atom stereocenters. The first-order valence-corrected chi connectivity index (χ1v) is 10.4. The van der Waals surface area contributed by atoms with Gasteiger partial charge in [0.15, 0.2) is 11.6 Å². The largest absolute Gasteiger partial charge is 0.493 e. The molecule has 0 aliphatic carbocycles. The molecule has 2 atom stereocenters. The Morgan fingerprint density at radius 1 is 1.18 bits per heavy atom. The average Bonchev–Trinajstić information content (AvgIpc) is 2.76. The van der Waals surface area contributed by atoms with Crippen LogP contribution in [0, 0.1) is 0 Å². The lowest BCUT2D eigenvalue weighted by Crippen LogP contribution is -2.51. The van der Waals surface area contributed by atoms with E-state index in [1.807, 2.05) is 0 Å². The summed E-state index contributed by atoms with van der Waals surface area (Å²) in [5, 5.41) is 1.72. The highest BCUT2D eigenvalue weighted by atomic mass is 19.4. The molecule has 0 bridgehead atoms. The zero-order chi connectivity index (χ0) is 25.7. The van der Waals surface area contributed by atoms with E-state index in [4.69, 9.17) is 10.5 Å². The molecule has 0 aliphatic heterocycles. The number of anilines is 1. The molecule has 2 rings (SSSR count). The molecular formula is C22H26F6N4O2. The molecule has 2 aromatic rings. The predicted octanol–water partition coefficient (Wildman–Crippen LogP) is 5.71. The van der Waals surface area contributed by atoms with Crippen LogP contribution in [-0.4, -0.2) is 48.0 Å². The van der Waals surface area contributed by atoms with Gasteiger partial charge < -0.3 is 20.7 Å². The molecule has 0 radical (unpaired) electrons. The van der Waals surface area contributed by atoms with E-state index in [1.54, 1.807) is 49.5 Å². The van der Waals surface area contributed by atoms with Crippen molar-refractivity contribution in [3.05, 3.63) is 42.1 Å². The number of benzene rings is 1. The summed E-state index contributed by atoms with van der Waals surface area (Å²) in [6.07, 6.45) is -11.2. The summed E-state index contributed by atoms with van der Waals surface area (Å²) in [4.78, 5) is 17.8. The fraction of sp³-hybridized carbons (Fsp3) is 0.455. The molecule has 0 spiro atoms. The summed E-state index contributed by atoms with van der Waals surface area (Å²) in [6, 6.07) is 4.17. The van der Waals surface area contributed by atoms with Crippen molar-refractivity contribution in [2.75, 3.05) is 19.4 Å². The molecule has 2 amide bonds. The fourth-order valence-electron chi connectivity index (χ4n) is 3.39. The number of hydrogen-bond donors (Lipinski definition) is 2. The first kappa shape index (κ1) is 27.1. The molecule has 0 saturated carbocycles. The molecule has 12 heteroatoms. The number of nitrogens with two attached hydrogens (primary N) is 1. The third-order valence-electron chi connectivity index (χ3n) is 5.28. The number of nitrogens with one attached hydrogen (secondary N) is 1. The number of amides is 2. The molecule has 0 fully saturated rings. The maximum absolute atomic E-state index is 13.3. The highest BCUT2D eigenvalue weighted by molar-refractivity contribution is 5.75. The quantitative estimate of drug-likeness (QED) is 0.463. The van der Waals surface area contributed by atoms with Gasteiger partial charge in [-0.25, -0.2) is 9.78 Å². The Morgan fingerprint density at radius 2 is 1.85 bits per heavy atom. The number of nitrogen functional groups attached to an aromatic ring is 1. The smallest absolute Gasteiger partial charge is 0.408 e. The predicted molar refractivity (Wildman–Crippen MR) is 115 cm³/mol. The van der Waals surface area contributed by atoms with Crippen molar-refractivity contribution in [2.24, 2.45) is 0 Å². The van der Waals surface area contributed by atoms with Crippen LogP contribution in [-0.2, 0) is 0 Å². The van der Waals surface area contributed by atoms with Gasteiger partial charge in [0, 0.05) is 24.7 Å². The first-order valence-electron chi connectivity index (χ1n) is 10.4. The van der Waals surface area contributed by atoms with Crippen LogP contribution in [0.15, 0.2) is 36.5 Å². The minimum Gasteiger partial charge on any atom is -0.493 e. The van der Waals surface area contributed by atoms with Crippen molar-refractivity contribution < 1.29 is 35.9 Å². The number of aromatic nitrogens is 1. The second-order valence-electron chi connectivity index (χ2n) is 7.60. The monoisotopic (exact) mass is 492 g/mol. The van der Waals surface area contributed by atoms with E-state index in [-0.39, 0.29) is 12.4 Å². The summed E-state index contributed by atoms with van der Waals surface area (Å²) in [5.74, 6) is 0.567. The Labute approximate surface area is 193 Å². The summed E-state index contributed by atoms with van der Waals surface area (Å²) in [7, 11) is 1.44. The molecule has 1 aromatic carbocycles. The van der Waals surface area contributed by atoms with Crippen molar-refractivity contribution in [1.82, 2.24) is 15.2 Å². The van der Waals surface area contributed by atoms with E-state index in [0.717, 1.165) is 4.90 Å². The number of pyridine rings is 1. The van der Waals surface area contributed by atoms with Gasteiger partial charge in [0.2, 0.25) is 0 Å². The molecule has 188 valence electrons. The van der Waals surface area contributed by atoms with E-state index in [1.165, 1.54) is 13.3 Å². The topological polar surface area (TPSA) is 80.5 Å². The van der Waals surface area contributed by atoms with Crippen molar-refractivity contribution in [3.8, 4) is 16.9 Å². The van der Waals surface area contributed by atoms with Crippen molar-refractivity contribution in [3.63, 3.8) is 0 Å². The average molecular weight is 492 g/mol. The lowest BCUT2D eigenvalue weighted by atomic mass is 10.00. The van der Waals surface area contributed by atoms with Gasteiger partial charge in [-0.05, 0) is 43.5 Å². The number of urea groups is 1. The number of carbonyl (C=O) groups excluding carboxylic acids is 1. The Kier molecular flexibility index (Phi) is 8.62. The number of rotatable bonds is 8. The van der Waals surface area contributed by atoms with E-state index >= 15 is 0 Å². The van der Waals surface area contributed by atoms with Gasteiger partial charge in [-0.15, -0.1) is 0 Å². The SMILES string of the molecule is CCN(C(=O)N[C@@H](CCC(F)(F)F)C(F)(F)F)[C@H](C)c1cccc(-c2cnc(N)c(OC)c2)c1. The number of ether oxygens (including phenoxy) is 1. The van der Waals surface area contributed by atoms with Gasteiger partial charge in [0.1, 0.15) is 6.04 Å². The Hall–Kier alpha value is -3.18. The molecule has 1 aromatic heterocycles. The number of halogens is 6. The van der Waals surface area contributed by atoms with Gasteiger partial charge in [-0.1, -0.05) is 18.2 Å². The van der Waals surface area contributed by atoms with Crippen LogP contribution in [0.25, 0.3) is 11.1 Å². The van der Waals surface area contributed by atoms with Crippen molar-refractivity contribution in [1.29, 1.82) is 0 Å². The Bertz CT molecular complexity index is 981. The fourth-order valence-corrected chi connectivity index (χ4v) is 3.39. The van der Waals surface area contributed by atoms with Gasteiger partial charge in [0.25, 0.3) is 0 Å². The Morgan fingerprint density at radius 3 is 2.41 bits per heavy atom. The van der Waals surface area contributed by atoms with Crippen LogP contribution in [0.4, 0.5) is 37.0 Å². The number of hydrogen-bond acceptors (Lipinski definition) is 4. The standard InChI is InChI=1S/C22H26F6N4O2/c1-4-32(20(33)31-18(22(26,27)28)8-9-21(23,24)25)13(2)14-6-5-7-15(10-14)16-11-17(34-3)19(29)30-12-16/h5-7,10-13,18H,4,8-9H2,1-3H3,(H2,29,30)(H,31,33)/t13-,18+/m1/s1. The zero-order valence-electron chi connectivity index (χ0n) is 18.8. The molecule has 6 nitrogen and oxygen atoms in total. The van der Waals surface area contributed by atoms with Crippen molar-refractivity contribution >= 4 is 11.8 Å². The minimum absolute atomic E-state index is 0.0261. The number of carbonyl (C=O) groups is 1. The number of alkyl halides is 6. The van der Waals surface area contributed by atoms with Crippen LogP contribution in [0.1, 0.15) is 38.3 Å². The van der Waals surface area contributed by atoms with E-state index in [0.29, 0.717) is 22.4 Å². The molecule has 34 heavy (non-hydrogen) atoms. The summed E-state index contributed by atoms with van der Waals surface area (Å²) < 4.78 is 82.3. The molecule has 1 heterocycles. The highest BCUT2D eigenvalue weighted by Crippen LogP contribution is 2.31. The molecule has 3 N–H and O–H groups in total. The summed E-state index contributed by atoms with van der Waals surface area (Å²) >= 11 is 0. The van der Waals surface area contributed by atoms with Gasteiger partial charge in [0.05, 0.1) is 13.2 Å². The van der Waals surface area contributed by atoms with Gasteiger partial charge >= 0.3 is 18.4 Å². The minimum atomic E-state index is -5.02. The third-order valence-corrected chi connectivity index (χ3v) is 5.28. The summed E-state index contributed by atoms with van der Waals surface area (Å²) in [6.45, 7) is 3.20. The van der Waals surface area contributed by atoms with Crippen LogP contribution in [0.3, 0.4) is 0 Å². The van der Waals surface area contributed by atoms with Crippen molar-refractivity contribution in [2.45, 2.75) is 51.1 Å². The number of nitrogens with zero attached hydrogens (tertiary/aromatic N) is 2. The van der Waals surface area contributed by atoms with E-state index in [9.17, 15) is 31.1 Å². The van der Waals surface area contributed by atoms with E-state index < -0.39 is 43.3 Å². The van der Waals surface area contributed by atoms with Crippen LogP contribution >= 0.6 is 0 Å². The summed E-state index contributed by atoms with van der Waals surface area (Å²) in [5.41, 5.74) is 7.70. The van der Waals surface area contributed by atoms with Crippen LogP contribution in [0.5, 0.6) is 5.75 Å². The lowest BCUT2D eigenvalue weighted by Gasteiger charge is -2.31. The number of methoxy groups -OCH3 is 1. The zero-order valence-corrected chi connectivity index (χ0v) is 18.8. The maximum Gasteiger partial charge on any atom is 0.408 e. The molecule has 0 aliphatic rings. The van der Waals surface area contributed by atoms with E-state index in [2.05, 4.69) is 4.98 Å². The van der Waals surface area contributed by atoms with Gasteiger partial charge in [-0.3, -0.25) is 0 Å². The third kappa shape index (κ3) is 7.16. The van der Waals surface area contributed by atoms with Crippen LogP contribution in [0.2, 0.25) is 0 Å². The van der Waals surface area contributed by atoms with Crippen LogP contribution < -0.4 is 15.8 Å². The highest BCUT2D eigenvalue weighted by Gasteiger charge is 2.43. The van der Waals surface area contributed by atoms with Gasteiger partial charge in [-0.2, -0.15) is 26.3 Å². The molecule has 0 saturated heterocycles. The maximum atomic E-state index is 13.3. The second-order valence-corrected chi connectivity index (χ2v) is 7.60. The Balaban J connectivity index is 2.25. The molecular weight excluding hydrogens is 466 g/mol. The lowest BCUT2D eigenvalue weighted by molar-refractivity contribution is -0.171. The first-order chi connectivity index (χ1) is 15.8.